The molecule has 0 fully saturated rings. The van der Waals surface area contributed by atoms with Crippen LogP contribution < -0.4 is 0 Å². The monoisotopic (exact) mass is 147 g/mol. The van der Waals surface area contributed by atoms with Crippen molar-refractivity contribution in [2.45, 2.75) is 6.92 Å². The zero-order valence-electron chi connectivity index (χ0n) is 4.64. The van der Waals surface area contributed by atoms with E-state index in [2.05, 4.69) is 17.6 Å². The van der Waals surface area contributed by atoms with Crippen LogP contribution in [0, 0.1) is 0 Å². The maximum Gasteiger partial charge on any atom is 0.185 e. The largest absolute Gasteiger partial charge is 0.292 e. The van der Waals surface area contributed by atoms with E-state index in [4.69, 9.17) is 0 Å². The van der Waals surface area contributed by atoms with E-state index in [1.165, 1.54) is 0 Å². The summed E-state index contributed by atoms with van der Waals surface area (Å²) in [5, 5.41) is 2.12. The zero-order valence-corrected chi connectivity index (χ0v) is 6.27. The molecule has 0 spiro atoms. The molecule has 1 nitrogen and oxygen atoms in total. The summed E-state index contributed by atoms with van der Waals surface area (Å²) in [6.07, 6.45) is 0. The molecule has 0 atom stereocenters. The Labute approximate surface area is 58.8 Å². The van der Waals surface area contributed by atoms with Crippen molar-refractivity contribution >= 4 is 35.1 Å². The minimum absolute atomic E-state index is 0.0770. The van der Waals surface area contributed by atoms with Crippen molar-refractivity contribution < 1.29 is 4.79 Å². The van der Waals surface area contributed by atoms with E-state index in [1.54, 1.807) is 11.8 Å². The molecule has 0 rings (SSSR count). The first-order valence-corrected chi connectivity index (χ1v) is 3.86. The molecule has 0 aromatic heterocycles. The highest BCUT2D eigenvalue weighted by Crippen LogP contribution is 1.96. The van der Waals surface area contributed by atoms with Crippen molar-refractivity contribution in [2.75, 3.05) is 11.5 Å². The Kier molecular flexibility index (Phi) is 5.32. The van der Waals surface area contributed by atoms with E-state index in [-0.39, 0.29) is 5.78 Å². The van der Waals surface area contributed by atoms with Crippen LogP contribution in [0.4, 0.5) is 0 Å². The van der Waals surface area contributed by atoms with Crippen LogP contribution >= 0.6 is 24.0 Å². The van der Waals surface area contributed by atoms with Crippen LogP contribution in [-0.4, -0.2) is 22.7 Å². The summed E-state index contributed by atoms with van der Waals surface area (Å²) in [6.45, 7) is 2.00. The molecule has 0 heterocycles. The average Bonchev–Trinajstić information content (AvgIpc) is 1.83. The van der Waals surface area contributed by atoms with Gasteiger partial charge in [0.15, 0.2) is 5.78 Å². The third kappa shape index (κ3) is 4.27. The van der Waals surface area contributed by atoms with Gasteiger partial charge in [0, 0.05) is 0 Å². The second-order valence-electron chi connectivity index (χ2n) is 1.16. The summed E-state index contributed by atoms with van der Waals surface area (Å²) in [4.78, 5) is 10.3. The van der Waals surface area contributed by atoms with Crippen LogP contribution in [0.1, 0.15) is 6.92 Å². The second-order valence-corrected chi connectivity index (χ2v) is 2.64. The van der Waals surface area contributed by atoms with E-state index in [9.17, 15) is 4.79 Å². The molecule has 0 aromatic carbocycles. The summed E-state index contributed by atoms with van der Waals surface area (Å²) in [5.74, 6) is 1.37. The lowest BCUT2D eigenvalue weighted by Gasteiger charge is -1.87. The Morgan fingerprint density at radius 3 is 2.88 bits per heavy atom. The topological polar surface area (TPSA) is 17.1 Å². The molecule has 0 amide bonds. The number of carbonyl (C=O) groups is 1. The first-order valence-electron chi connectivity index (χ1n) is 2.30. The molecule has 8 heavy (non-hydrogen) atoms. The predicted octanol–water partition coefficient (Wildman–Crippen LogP) is 1.19. The standard InChI is InChI=1S/C5H7OS2/c1-2-8-4-5(6)3-7/h2,4H2,1H3. The van der Waals surface area contributed by atoms with Gasteiger partial charge in [-0.25, -0.2) is 0 Å². The Balaban J connectivity index is 3.11. The highest BCUT2D eigenvalue weighted by atomic mass is 32.2. The number of hydrogen-bond donors (Lipinski definition) is 0. The maximum atomic E-state index is 10.3. The lowest BCUT2D eigenvalue weighted by atomic mass is 10.5. The molecule has 45 valence electrons. The van der Waals surface area contributed by atoms with Gasteiger partial charge in [-0.3, -0.25) is 4.79 Å². The van der Waals surface area contributed by atoms with E-state index < -0.39 is 0 Å². The Morgan fingerprint density at radius 1 is 1.88 bits per heavy atom. The van der Waals surface area contributed by atoms with Gasteiger partial charge in [-0.2, -0.15) is 11.8 Å². The molecule has 0 aromatic rings. The molecule has 0 bridgehead atoms. The minimum atomic E-state index is -0.0770. The zero-order chi connectivity index (χ0) is 6.41. The van der Waals surface area contributed by atoms with Gasteiger partial charge >= 0.3 is 0 Å². The van der Waals surface area contributed by atoms with Gasteiger partial charge in [-0.1, -0.05) is 19.1 Å². The van der Waals surface area contributed by atoms with Crippen LogP contribution in [-0.2, 0) is 4.79 Å². The molecule has 0 aliphatic heterocycles. The molecule has 0 aliphatic rings. The fourth-order valence-electron chi connectivity index (χ4n) is 0.224. The summed E-state index contributed by atoms with van der Waals surface area (Å²) in [6, 6.07) is 0. The average molecular weight is 147 g/mol. The Morgan fingerprint density at radius 2 is 2.50 bits per heavy atom. The summed E-state index contributed by atoms with van der Waals surface area (Å²) in [7, 11) is 0. The molecule has 1 radical (unpaired) electrons. The lowest BCUT2D eigenvalue weighted by Crippen LogP contribution is -1.99. The third-order valence-electron chi connectivity index (χ3n) is 0.551. The molecular weight excluding hydrogens is 140 g/mol. The molecule has 0 aliphatic carbocycles. The number of thiocarbonyl (C=S) groups is 1. The van der Waals surface area contributed by atoms with Crippen molar-refractivity contribution in [2.24, 2.45) is 0 Å². The van der Waals surface area contributed by atoms with Crippen LogP contribution in [0.3, 0.4) is 0 Å². The number of ketones is 1. The van der Waals surface area contributed by atoms with Crippen LogP contribution in [0.2, 0.25) is 0 Å². The fourth-order valence-corrected chi connectivity index (χ4v) is 0.849. The van der Waals surface area contributed by atoms with Gasteiger partial charge in [-0.15, -0.1) is 0 Å². The SMILES string of the molecule is CCSCC(=O)[C]=S. The van der Waals surface area contributed by atoms with E-state index in [1.807, 2.05) is 6.92 Å². The van der Waals surface area contributed by atoms with Crippen LogP contribution in [0.15, 0.2) is 0 Å². The first-order chi connectivity index (χ1) is 3.81. The number of thioether (sulfide) groups is 1. The van der Waals surface area contributed by atoms with Crippen molar-refractivity contribution in [3.05, 3.63) is 0 Å². The predicted molar refractivity (Wildman–Crippen MR) is 40.6 cm³/mol. The molecule has 0 N–H and O–H groups in total. The molecule has 0 saturated carbocycles. The molecular formula is C5H7OS2. The van der Waals surface area contributed by atoms with Gasteiger partial charge in [0.2, 0.25) is 0 Å². The van der Waals surface area contributed by atoms with Crippen LogP contribution in [0.25, 0.3) is 0 Å². The van der Waals surface area contributed by atoms with E-state index in [0.29, 0.717) is 5.75 Å². The summed E-state index contributed by atoms with van der Waals surface area (Å²) >= 11 is 5.84. The van der Waals surface area contributed by atoms with Gasteiger partial charge < -0.3 is 0 Å². The minimum Gasteiger partial charge on any atom is -0.292 e. The van der Waals surface area contributed by atoms with Crippen LogP contribution in [0.5, 0.6) is 0 Å². The highest BCUT2D eigenvalue weighted by molar-refractivity contribution is 8.00. The molecule has 3 heteroatoms. The normalized spacial score (nSPS) is 8.62. The number of rotatable bonds is 4. The Hall–Kier alpha value is 0.110. The van der Waals surface area contributed by atoms with Crippen molar-refractivity contribution in [1.29, 1.82) is 0 Å². The van der Waals surface area contributed by atoms with E-state index >= 15 is 0 Å². The lowest BCUT2D eigenvalue weighted by molar-refractivity contribution is -0.110. The molecule has 0 saturated heterocycles. The number of carbonyl (C=O) groups excluding carboxylic acids is 1. The van der Waals surface area contributed by atoms with Gasteiger partial charge in [0.05, 0.1) is 5.75 Å². The smallest absolute Gasteiger partial charge is 0.185 e. The second kappa shape index (κ2) is 5.25. The summed E-state index contributed by atoms with van der Waals surface area (Å²) < 4.78 is 0. The van der Waals surface area contributed by atoms with Crippen molar-refractivity contribution in [1.82, 2.24) is 0 Å². The highest BCUT2D eigenvalue weighted by Gasteiger charge is 1.93. The molecule has 0 unspecified atom stereocenters. The van der Waals surface area contributed by atoms with Gasteiger partial charge in [-0.05, 0) is 5.75 Å². The number of hydrogen-bond acceptors (Lipinski definition) is 3. The first kappa shape index (κ1) is 8.11. The van der Waals surface area contributed by atoms with E-state index in [0.717, 1.165) is 5.75 Å². The summed E-state index contributed by atoms with van der Waals surface area (Å²) in [5.41, 5.74) is 0. The third-order valence-corrected chi connectivity index (χ3v) is 1.65. The number of Topliss-reactive ketones (excluding diaryl/α,β-unsaturated/α-hetero) is 1. The Bertz CT molecular complexity index is 90.4. The fraction of sp³-hybridized carbons (Fsp3) is 0.600. The quantitative estimate of drug-likeness (QED) is 0.556. The van der Waals surface area contributed by atoms with Gasteiger partial charge in [0.1, 0.15) is 5.37 Å². The maximum absolute atomic E-state index is 10.3. The van der Waals surface area contributed by atoms with Crippen molar-refractivity contribution in [3.63, 3.8) is 0 Å². The van der Waals surface area contributed by atoms with Crippen molar-refractivity contribution in [3.8, 4) is 0 Å². The van der Waals surface area contributed by atoms with Gasteiger partial charge in [0.25, 0.3) is 0 Å².